The van der Waals surface area contributed by atoms with E-state index in [2.05, 4.69) is 11.9 Å². The van der Waals surface area contributed by atoms with Gasteiger partial charge in [-0.3, -0.25) is 4.90 Å². The maximum atomic E-state index is 10.3. The van der Waals surface area contributed by atoms with E-state index in [0.717, 1.165) is 12.5 Å². The lowest BCUT2D eigenvalue weighted by Gasteiger charge is -2.37. The van der Waals surface area contributed by atoms with Crippen LogP contribution in [-0.4, -0.2) is 35.2 Å². The summed E-state index contributed by atoms with van der Waals surface area (Å²) >= 11 is 0. The lowest BCUT2D eigenvalue weighted by Crippen LogP contribution is -2.46. The molecule has 94 valence electrons. The molecule has 2 atom stereocenters. The third-order valence-corrected chi connectivity index (χ3v) is 4.62. The maximum Gasteiger partial charge on any atom is 0.0695 e. The largest absolute Gasteiger partial charge is 0.391 e. The van der Waals surface area contributed by atoms with Crippen LogP contribution in [0.25, 0.3) is 0 Å². The highest BCUT2D eigenvalue weighted by molar-refractivity contribution is 4.85. The fourth-order valence-corrected chi connectivity index (χ4v) is 3.50. The fourth-order valence-electron chi connectivity index (χ4n) is 3.50. The topological polar surface area (TPSA) is 23.5 Å². The molecule has 2 fully saturated rings. The highest BCUT2D eigenvalue weighted by atomic mass is 16.3. The first-order valence-corrected chi connectivity index (χ1v) is 7.19. The Bertz CT molecular complexity index is 201. The minimum Gasteiger partial charge on any atom is -0.391 e. The zero-order chi connectivity index (χ0) is 11.4. The average molecular weight is 225 g/mol. The van der Waals surface area contributed by atoms with E-state index in [4.69, 9.17) is 0 Å². The van der Waals surface area contributed by atoms with Gasteiger partial charge in [0.25, 0.3) is 0 Å². The van der Waals surface area contributed by atoms with Crippen LogP contribution in [-0.2, 0) is 0 Å². The number of hydrogen-bond donors (Lipinski definition) is 1. The molecule has 0 aliphatic heterocycles. The quantitative estimate of drug-likeness (QED) is 0.781. The molecular formula is C14H27NO. The van der Waals surface area contributed by atoms with Crippen molar-refractivity contribution in [2.75, 3.05) is 7.05 Å². The molecule has 0 aromatic rings. The monoisotopic (exact) mass is 225 g/mol. The van der Waals surface area contributed by atoms with Crippen molar-refractivity contribution >= 4 is 0 Å². The number of rotatable bonds is 2. The second-order valence-electron chi connectivity index (χ2n) is 5.73. The van der Waals surface area contributed by atoms with Gasteiger partial charge in [-0.15, -0.1) is 0 Å². The van der Waals surface area contributed by atoms with E-state index >= 15 is 0 Å². The van der Waals surface area contributed by atoms with Gasteiger partial charge >= 0.3 is 0 Å². The Morgan fingerprint density at radius 1 is 0.812 bits per heavy atom. The number of nitrogens with zero attached hydrogens (tertiary/aromatic N) is 1. The van der Waals surface area contributed by atoms with Gasteiger partial charge < -0.3 is 5.11 Å². The highest BCUT2D eigenvalue weighted by Gasteiger charge is 2.30. The fraction of sp³-hybridized carbons (Fsp3) is 1.00. The number of aliphatic hydroxyl groups is 1. The molecule has 2 rings (SSSR count). The number of aliphatic hydroxyl groups excluding tert-OH is 1. The lowest BCUT2D eigenvalue weighted by atomic mass is 9.92. The van der Waals surface area contributed by atoms with E-state index < -0.39 is 0 Å². The maximum absolute atomic E-state index is 10.3. The normalized spacial score (nSPS) is 33.9. The molecule has 16 heavy (non-hydrogen) atoms. The average Bonchev–Trinajstić information content (AvgIpc) is 2.76. The third kappa shape index (κ3) is 2.98. The van der Waals surface area contributed by atoms with Gasteiger partial charge in [-0.2, -0.15) is 0 Å². The van der Waals surface area contributed by atoms with Gasteiger partial charge in [-0.1, -0.05) is 38.5 Å². The molecule has 1 N–H and O–H groups in total. The molecule has 2 unspecified atom stereocenters. The molecule has 2 heteroatoms. The summed E-state index contributed by atoms with van der Waals surface area (Å²) in [6, 6.07) is 1.18. The van der Waals surface area contributed by atoms with E-state index in [-0.39, 0.29) is 6.10 Å². The summed E-state index contributed by atoms with van der Waals surface area (Å²) in [5.41, 5.74) is 0. The molecule has 2 nitrogen and oxygen atoms in total. The third-order valence-electron chi connectivity index (χ3n) is 4.62. The number of hydrogen-bond acceptors (Lipinski definition) is 2. The van der Waals surface area contributed by atoms with Gasteiger partial charge in [-0.25, -0.2) is 0 Å². The van der Waals surface area contributed by atoms with E-state index in [1.165, 1.54) is 57.8 Å². The van der Waals surface area contributed by atoms with Crippen LogP contribution >= 0.6 is 0 Å². The van der Waals surface area contributed by atoms with Crippen molar-refractivity contribution in [1.82, 2.24) is 4.90 Å². The van der Waals surface area contributed by atoms with E-state index in [0.29, 0.717) is 6.04 Å². The van der Waals surface area contributed by atoms with Crippen molar-refractivity contribution < 1.29 is 5.11 Å². The summed E-state index contributed by atoms with van der Waals surface area (Å²) in [4.78, 5) is 2.50. The van der Waals surface area contributed by atoms with Crippen molar-refractivity contribution in [2.45, 2.75) is 82.4 Å². The van der Waals surface area contributed by atoms with Crippen LogP contribution in [0.5, 0.6) is 0 Å². The van der Waals surface area contributed by atoms with Crippen molar-refractivity contribution in [3.63, 3.8) is 0 Å². The second kappa shape index (κ2) is 6.02. The van der Waals surface area contributed by atoms with E-state index in [1.54, 1.807) is 0 Å². The molecule has 0 amide bonds. The smallest absolute Gasteiger partial charge is 0.0695 e. The van der Waals surface area contributed by atoms with Gasteiger partial charge in [0.2, 0.25) is 0 Å². The molecule has 0 aromatic heterocycles. The molecule has 0 radical (unpaired) electrons. The van der Waals surface area contributed by atoms with Gasteiger partial charge in [0.1, 0.15) is 0 Å². The Labute approximate surface area is 100 Å². The molecular weight excluding hydrogens is 198 g/mol. The minimum atomic E-state index is -0.0779. The Morgan fingerprint density at radius 3 is 2.06 bits per heavy atom. The summed E-state index contributed by atoms with van der Waals surface area (Å²) in [7, 11) is 2.24. The van der Waals surface area contributed by atoms with Crippen LogP contribution in [0.4, 0.5) is 0 Å². The van der Waals surface area contributed by atoms with Crippen molar-refractivity contribution in [3.8, 4) is 0 Å². The van der Waals surface area contributed by atoms with Crippen LogP contribution in [0.2, 0.25) is 0 Å². The van der Waals surface area contributed by atoms with Crippen LogP contribution < -0.4 is 0 Å². The van der Waals surface area contributed by atoms with Crippen LogP contribution in [0, 0.1) is 0 Å². The standard InChI is InChI=1S/C14H27NO/c1-15(12-8-6-7-9-12)13-10-4-2-3-5-11-14(13)16/h12-14,16H,2-11H2,1H3. The molecule has 0 saturated heterocycles. The van der Waals surface area contributed by atoms with Crippen molar-refractivity contribution in [2.24, 2.45) is 0 Å². The predicted molar refractivity (Wildman–Crippen MR) is 67.5 cm³/mol. The highest BCUT2D eigenvalue weighted by Crippen LogP contribution is 2.28. The second-order valence-corrected chi connectivity index (χ2v) is 5.73. The zero-order valence-corrected chi connectivity index (χ0v) is 10.7. The first-order valence-electron chi connectivity index (χ1n) is 7.19. The molecule has 0 aromatic carbocycles. The molecule has 2 aliphatic rings. The van der Waals surface area contributed by atoms with Gasteiger partial charge in [0.15, 0.2) is 0 Å². The molecule has 0 spiro atoms. The van der Waals surface area contributed by atoms with Gasteiger partial charge in [-0.05, 0) is 32.7 Å². The summed E-state index contributed by atoms with van der Waals surface area (Å²) in [6.45, 7) is 0. The summed E-state index contributed by atoms with van der Waals surface area (Å²) in [6.07, 6.45) is 12.8. The Morgan fingerprint density at radius 2 is 1.38 bits per heavy atom. The summed E-state index contributed by atoms with van der Waals surface area (Å²) < 4.78 is 0. The molecule has 0 bridgehead atoms. The first-order chi connectivity index (χ1) is 7.79. The SMILES string of the molecule is CN(C1CCCC1)C1CCCCCCC1O. The van der Waals surface area contributed by atoms with Crippen LogP contribution in [0.15, 0.2) is 0 Å². The molecule has 2 aliphatic carbocycles. The summed E-state index contributed by atoms with van der Waals surface area (Å²) in [5, 5.41) is 10.3. The molecule has 2 saturated carbocycles. The van der Waals surface area contributed by atoms with Crippen molar-refractivity contribution in [3.05, 3.63) is 0 Å². The number of likely N-dealkylation sites (N-methyl/N-ethyl adjacent to an activating group) is 1. The predicted octanol–water partition coefficient (Wildman–Crippen LogP) is 2.94. The Balaban J connectivity index is 1.92. The van der Waals surface area contributed by atoms with Crippen molar-refractivity contribution in [1.29, 1.82) is 0 Å². The minimum absolute atomic E-state index is 0.0779. The Hall–Kier alpha value is -0.0800. The Kier molecular flexibility index (Phi) is 4.66. The van der Waals surface area contributed by atoms with Gasteiger partial charge in [0, 0.05) is 12.1 Å². The summed E-state index contributed by atoms with van der Waals surface area (Å²) in [5.74, 6) is 0. The van der Waals surface area contributed by atoms with Crippen LogP contribution in [0.1, 0.15) is 64.2 Å². The van der Waals surface area contributed by atoms with E-state index in [9.17, 15) is 5.11 Å². The molecule has 0 heterocycles. The van der Waals surface area contributed by atoms with Crippen LogP contribution in [0.3, 0.4) is 0 Å². The van der Waals surface area contributed by atoms with E-state index in [1.807, 2.05) is 0 Å². The van der Waals surface area contributed by atoms with Gasteiger partial charge in [0.05, 0.1) is 6.10 Å². The lowest BCUT2D eigenvalue weighted by molar-refractivity contribution is 0.0248. The first kappa shape index (κ1) is 12.4. The zero-order valence-electron chi connectivity index (χ0n) is 10.7.